The Morgan fingerprint density at radius 1 is 1.27 bits per heavy atom. The van der Waals surface area contributed by atoms with Crippen LogP contribution in [0.2, 0.25) is 0 Å². The van der Waals surface area contributed by atoms with Crippen LogP contribution in [0.4, 0.5) is 5.82 Å². The average molecular weight is 298 g/mol. The lowest BCUT2D eigenvalue weighted by Crippen LogP contribution is -2.43. The molecule has 0 unspecified atom stereocenters. The molecule has 1 aliphatic heterocycles. The van der Waals surface area contributed by atoms with E-state index in [1.54, 1.807) is 6.33 Å². The minimum Gasteiger partial charge on any atom is -0.494 e. The second kappa shape index (κ2) is 5.46. The molecule has 1 N–H and O–H groups in total. The van der Waals surface area contributed by atoms with E-state index in [0.717, 1.165) is 59.8 Å². The maximum absolute atomic E-state index is 6.03. The van der Waals surface area contributed by atoms with Gasteiger partial charge in [0.05, 0.1) is 12.0 Å². The minimum atomic E-state index is 0.641. The van der Waals surface area contributed by atoms with Crippen LogP contribution in [0.1, 0.15) is 6.92 Å². The molecule has 6 heteroatoms. The lowest BCUT2D eigenvalue weighted by molar-refractivity contribution is 0.340. The van der Waals surface area contributed by atoms with Gasteiger partial charge in [0.1, 0.15) is 23.2 Å². The molecule has 0 amide bonds. The molecule has 0 atom stereocenters. The van der Waals surface area contributed by atoms with Crippen LogP contribution >= 0.6 is 0 Å². The summed E-state index contributed by atoms with van der Waals surface area (Å²) in [6.07, 6.45) is 1.61. The predicted octanol–water partition coefficient (Wildman–Crippen LogP) is 2.18. The van der Waals surface area contributed by atoms with Crippen LogP contribution in [0, 0.1) is 0 Å². The van der Waals surface area contributed by atoms with Gasteiger partial charge in [0.2, 0.25) is 0 Å². The number of hydrogen-bond donors (Lipinski definition) is 1. The van der Waals surface area contributed by atoms with Gasteiger partial charge in [-0.2, -0.15) is 0 Å². The fraction of sp³-hybridized carbons (Fsp3) is 0.375. The first-order chi connectivity index (χ1) is 10.9. The molecular formula is C16H18N4O2. The van der Waals surface area contributed by atoms with E-state index in [-0.39, 0.29) is 0 Å². The Hall–Kier alpha value is -2.34. The average Bonchev–Trinajstić information content (AvgIpc) is 2.94. The first-order valence-corrected chi connectivity index (χ1v) is 7.62. The SMILES string of the molecule is CCOc1ccc2oc3c(N4CCNCC4)ncnc3c2c1. The standard InChI is InChI=1S/C16H18N4O2/c1-2-21-11-3-4-13-12(9-11)14-15(22-13)16(19-10-18-14)20-7-5-17-6-8-20/h3-4,9-10,17H,2,5-8H2,1H3. The number of rotatable bonds is 3. The molecule has 22 heavy (non-hydrogen) atoms. The molecule has 1 aromatic carbocycles. The van der Waals surface area contributed by atoms with Crippen LogP contribution < -0.4 is 15.0 Å². The van der Waals surface area contributed by atoms with Gasteiger partial charge < -0.3 is 19.4 Å². The van der Waals surface area contributed by atoms with E-state index >= 15 is 0 Å². The van der Waals surface area contributed by atoms with E-state index in [9.17, 15) is 0 Å². The largest absolute Gasteiger partial charge is 0.494 e. The summed E-state index contributed by atoms with van der Waals surface area (Å²) < 4.78 is 11.6. The summed E-state index contributed by atoms with van der Waals surface area (Å²) in [6.45, 7) is 6.38. The van der Waals surface area contributed by atoms with Crippen molar-refractivity contribution < 1.29 is 9.15 Å². The van der Waals surface area contributed by atoms with Gasteiger partial charge in [-0.3, -0.25) is 0 Å². The van der Waals surface area contributed by atoms with E-state index in [1.807, 2.05) is 25.1 Å². The normalized spacial score (nSPS) is 15.6. The van der Waals surface area contributed by atoms with Gasteiger partial charge in [-0.05, 0) is 25.1 Å². The van der Waals surface area contributed by atoms with E-state index in [4.69, 9.17) is 9.15 Å². The molecule has 3 heterocycles. The highest BCUT2D eigenvalue weighted by Crippen LogP contribution is 2.34. The number of anilines is 1. The van der Waals surface area contributed by atoms with Crippen LogP contribution in [-0.2, 0) is 0 Å². The molecule has 1 fully saturated rings. The summed E-state index contributed by atoms with van der Waals surface area (Å²) in [4.78, 5) is 11.1. The van der Waals surface area contributed by atoms with Crippen LogP contribution in [0.3, 0.4) is 0 Å². The highest BCUT2D eigenvalue weighted by molar-refractivity contribution is 6.06. The third kappa shape index (κ3) is 2.16. The van der Waals surface area contributed by atoms with Crippen molar-refractivity contribution in [1.82, 2.24) is 15.3 Å². The maximum atomic E-state index is 6.03. The summed E-state index contributed by atoms with van der Waals surface area (Å²) in [6, 6.07) is 5.84. The number of hydrogen-bond acceptors (Lipinski definition) is 6. The fourth-order valence-corrected chi connectivity index (χ4v) is 2.90. The van der Waals surface area contributed by atoms with Crippen molar-refractivity contribution in [2.24, 2.45) is 0 Å². The van der Waals surface area contributed by atoms with Crippen molar-refractivity contribution in [2.45, 2.75) is 6.92 Å². The number of benzene rings is 1. The highest BCUT2D eigenvalue weighted by Gasteiger charge is 2.19. The number of nitrogens with one attached hydrogen (secondary N) is 1. The van der Waals surface area contributed by atoms with E-state index in [0.29, 0.717) is 6.61 Å². The number of nitrogens with zero attached hydrogens (tertiary/aromatic N) is 3. The van der Waals surface area contributed by atoms with Gasteiger partial charge >= 0.3 is 0 Å². The Labute approximate surface area is 128 Å². The second-order valence-electron chi connectivity index (χ2n) is 5.31. The molecule has 0 radical (unpaired) electrons. The van der Waals surface area contributed by atoms with Crippen molar-refractivity contribution in [1.29, 1.82) is 0 Å². The van der Waals surface area contributed by atoms with Crippen LogP contribution in [0.15, 0.2) is 28.9 Å². The second-order valence-corrected chi connectivity index (χ2v) is 5.31. The zero-order valence-corrected chi connectivity index (χ0v) is 12.5. The predicted molar refractivity (Wildman–Crippen MR) is 85.6 cm³/mol. The van der Waals surface area contributed by atoms with Crippen LogP contribution in [0.25, 0.3) is 22.1 Å². The van der Waals surface area contributed by atoms with Gasteiger partial charge in [0, 0.05) is 26.2 Å². The third-order valence-electron chi connectivity index (χ3n) is 3.93. The first-order valence-electron chi connectivity index (χ1n) is 7.62. The van der Waals surface area contributed by atoms with Gasteiger partial charge in [-0.25, -0.2) is 9.97 Å². The molecule has 0 saturated carbocycles. The number of aromatic nitrogens is 2. The molecule has 4 rings (SSSR count). The zero-order chi connectivity index (χ0) is 14.9. The molecule has 114 valence electrons. The summed E-state index contributed by atoms with van der Waals surface area (Å²) in [7, 11) is 0. The Kier molecular flexibility index (Phi) is 3.31. The topological polar surface area (TPSA) is 63.4 Å². The lowest BCUT2D eigenvalue weighted by atomic mass is 10.2. The molecule has 1 aliphatic rings. The molecule has 6 nitrogen and oxygen atoms in total. The fourth-order valence-electron chi connectivity index (χ4n) is 2.90. The van der Waals surface area contributed by atoms with Gasteiger partial charge in [0.25, 0.3) is 0 Å². The van der Waals surface area contributed by atoms with Crippen molar-refractivity contribution >= 4 is 27.9 Å². The number of ether oxygens (including phenoxy) is 1. The van der Waals surface area contributed by atoms with E-state index in [1.165, 1.54) is 0 Å². The summed E-state index contributed by atoms with van der Waals surface area (Å²) in [5.74, 6) is 1.71. The van der Waals surface area contributed by atoms with E-state index in [2.05, 4.69) is 20.2 Å². The smallest absolute Gasteiger partial charge is 0.196 e. The monoisotopic (exact) mass is 298 g/mol. The van der Waals surface area contributed by atoms with E-state index < -0.39 is 0 Å². The summed E-state index contributed by atoms with van der Waals surface area (Å²) in [5.41, 5.74) is 2.42. The molecule has 2 aromatic heterocycles. The molecule has 3 aromatic rings. The third-order valence-corrected chi connectivity index (χ3v) is 3.93. The van der Waals surface area contributed by atoms with Crippen molar-refractivity contribution in [2.75, 3.05) is 37.7 Å². The lowest BCUT2D eigenvalue weighted by Gasteiger charge is -2.27. The van der Waals surface area contributed by atoms with Gasteiger partial charge in [-0.1, -0.05) is 0 Å². The zero-order valence-electron chi connectivity index (χ0n) is 12.5. The van der Waals surface area contributed by atoms with Gasteiger partial charge in [0.15, 0.2) is 11.4 Å². The Balaban J connectivity index is 1.87. The first kappa shape index (κ1) is 13.3. The Morgan fingerprint density at radius 3 is 2.95 bits per heavy atom. The quantitative estimate of drug-likeness (QED) is 0.799. The highest BCUT2D eigenvalue weighted by atomic mass is 16.5. The molecule has 0 spiro atoms. The Morgan fingerprint density at radius 2 is 2.14 bits per heavy atom. The number of piperazine rings is 1. The maximum Gasteiger partial charge on any atom is 0.196 e. The van der Waals surface area contributed by atoms with Crippen LogP contribution in [-0.4, -0.2) is 42.8 Å². The van der Waals surface area contributed by atoms with Gasteiger partial charge in [-0.15, -0.1) is 0 Å². The summed E-state index contributed by atoms with van der Waals surface area (Å²) in [5, 5.41) is 4.32. The van der Waals surface area contributed by atoms with Crippen molar-refractivity contribution in [3.63, 3.8) is 0 Å². The van der Waals surface area contributed by atoms with Crippen molar-refractivity contribution in [3.05, 3.63) is 24.5 Å². The minimum absolute atomic E-state index is 0.641. The Bertz CT molecular complexity index is 808. The molecular weight excluding hydrogens is 280 g/mol. The number of fused-ring (bicyclic) bond motifs is 3. The molecule has 0 aliphatic carbocycles. The molecule has 1 saturated heterocycles. The summed E-state index contributed by atoms with van der Waals surface area (Å²) >= 11 is 0. The van der Waals surface area contributed by atoms with Crippen LogP contribution in [0.5, 0.6) is 5.75 Å². The number of furan rings is 1. The van der Waals surface area contributed by atoms with Crippen molar-refractivity contribution in [3.8, 4) is 5.75 Å². The molecule has 0 bridgehead atoms.